The Morgan fingerprint density at radius 3 is 2.77 bits per heavy atom. The Balaban J connectivity index is 1.54. The molecule has 160 valence electrons. The van der Waals surface area contributed by atoms with Gasteiger partial charge in [-0.3, -0.25) is 9.40 Å². The maximum atomic E-state index is 5.03. The highest BCUT2D eigenvalue weighted by Gasteiger charge is 2.21. The van der Waals surface area contributed by atoms with Gasteiger partial charge in [-0.2, -0.15) is 14.7 Å². The third-order valence-electron chi connectivity index (χ3n) is 5.43. The molecule has 0 saturated carbocycles. The summed E-state index contributed by atoms with van der Waals surface area (Å²) >= 11 is 1.70. The largest absolute Gasteiger partial charge is 0.340 e. The molecule has 0 aliphatic carbocycles. The summed E-state index contributed by atoms with van der Waals surface area (Å²) in [4.78, 5) is 6.23. The highest BCUT2D eigenvalue weighted by atomic mass is 32.2. The van der Waals surface area contributed by atoms with Crippen LogP contribution in [0, 0.1) is 0 Å². The minimum absolute atomic E-state index is 0.394. The molecule has 3 N–H and O–H groups in total. The molecule has 0 bridgehead atoms. The highest BCUT2D eigenvalue weighted by molar-refractivity contribution is 7.97. The summed E-state index contributed by atoms with van der Waals surface area (Å²) in [5, 5.41) is 18.7. The maximum Gasteiger partial charge on any atom is 0.165 e. The zero-order valence-electron chi connectivity index (χ0n) is 17.7. The molecule has 1 aliphatic rings. The highest BCUT2D eigenvalue weighted by Crippen LogP contribution is 2.31. The molecule has 1 fully saturated rings. The first-order valence-electron chi connectivity index (χ1n) is 10.5. The summed E-state index contributed by atoms with van der Waals surface area (Å²) in [5.41, 5.74) is 4.90. The van der Waals surface area contributed by atoms with E-state index < -0.39 is 0 Å². The van der Waals surface area contributed by atoms with Gasteiger partial charge in [0.25, 0.3) is 0 Å². The van der Waals surface area contributed by atoms with Crippen LogP contribution in [0.15, 0.2) is 53.8 Å². The Morgan fingerprint density at radius 1 is 1.19 bits per heavy atom. The number of aromatic amines is 1. The van der Waals surface area contributed by atoms with Crippen molar-refractivity contribution in [2.24, 2.45) is 0 Å². The number of nitrogens with one attached hydrogen (secondary N) is 3. The van der Waals surface area contributed by atoms with Gasteiger partial charge in [-0.05, 0) is 69.7 Å². The molecule has 1 unspecified atom stereocenters. The average Bonchev–Trinajstić information content (AvgIpc) is 3.45. The number of fused-ring (bicyclic) bond motifs is 1. The van der Waals surface area contributed by atoms with Gasteiger partial charge in [0.05, 0.1) is 18.1 Å². The lowest BCUT2D eigenvalue weighted by molar-refractivity contribution is 0.455. The number of nitrogens with zero attached hydrogens (tertiary/aromatic N) is 5. The minimum atomic E-state index is 0.394. The fraction of sp³-hybridized carbons (Fsp3) is 0.318. The lowest BCUT2D eigenvalue weighted by Crippen LogP contribution is -2.29. The van der Waals surface area contributed by atoms with E-state index in [0.717, 1.165) is 53.5 Å². The predicted octanol–water partition coefficient (Wildman–Crippen LogP) is 3.90. The molecule has 1 aromatic carbocycles. The van der Waals surface area contributed by atoms with Gasteiger partial charge >= 0.3 is 0 Å². The summed E-state index contributed by atoms with van der Waals surface area (Å²) < 4.78 is 3.96. The third-order valence-corrected chi connectivity index (χ3v) is 6.28. The second-order valence-electron chi connectivity index (χ2n) is 7.94. The van der Waals surface area contributed by atoms with Crippen molar-refractivity contribution in [3.8, 4) is 11.1 Å². The zero-order valence-corrected chi connectivity index (χ0v) is 18.5. The van der Waals surface area contributed by atoms with Crippen LogP contribution < -0.4 is 10.6 Å². The quantitative estimate of drug-likeness (QED) is 0.397. The van der Waals surface area contributed by atoms with Gasteiger partial charge in [0, 0.05) is 46.4 Å². The van der Waals surface area contributed by atoms with Gasteiger partial charge in [-0.25, -0.2) is 4.98 Å². The van der Waals surface area contributed by atoms with E-state index >= 15 is 0 Å². The minimum Gasteiger partial charge on any atom is -0.340 e. The smallest absolute Gasteiger partial charge is 0.165 e. The SMILES string of the molecule is CN(C)Sc1ccc(Nc2cc(C3CCCNC3)nc3c(-c4cn[nH]c4)cnn23)cc1. The number of rotatable bonds is 6. The molecule has 1 saturated heterocycles. The molecule has 0 amide bonds. The van der Waals surface area contributed by atoms with Gasteiger partial charge in [0.2, 0.25) is 0 Å². The van der Waals surface area contributed by atoms with E-state index in [1.54, 1.807) is 11.9 Å². The molecular weight excluding hydrogens is 408 g/mol. The fourth-order valence-corrected chi connectivity index (χ4v) is 4.62. The van der Waals surface area contributed by atoms with Crippen LogP contribution in [0.5, 0.6) is 0 Å². The molecule has 4 aromatic rings. The second kappa shape index (κ2) is 8.70. The Morgan fingerprint density at radius 2 is 2.06 bits per heavy atom. The summed E-state index contributed by atoms with van der Waals surface area (Å²) in [6, 6.07) is 10.6. The van der Waals surface area contributed by atoms with Gasteiger partial charge in [-0.15, -0.1) is 0 Å². The number of hydrogen-bond donors (Lipinski definition) is 3. The van der Waals surface area contributed by atoms with Crippen LogP contribution >= 0.6 is 11.9 Å². The molecule has 0 radical (unpaired) electrons. The number of anilines is 2. The molecule has 1 aliphatic heterocycles. The first-order chi connectivity index (χ1) is 15.2. The molecule has 1 atom stereocenters. The normalized spacial score (nSPS) is 16.8. The summed E-state index contributed by atoms with van der Waals surface area (Å²) in [7, 11) is 4.09. The van der Waals surface area contributed by atoms with Gasteiger partial charge in [-0.1, -0.05) is 0 Å². The molecule has 31 heavy (non-hydrogen) atoms. The summed E-state index contributed by atoms with van der Waals surface area (Å²) in [5.74, 6) is 1.30. The molecule has 4 heterocycles. The number of aromatic nitrogens is 5. The van der Waals surface area contributed by atoms with Crippen molar-refractivity contribution in [1.82, 2.24) is 34.4 Å². The van der Waals surface area contributed by atoms with E-state index in [1.165, 1.54) is 11.3 Å². The van der Waals surface area contributed by atoms with E-state index in [4.69, 9.17) is 4.98 Å². The van der Waals surface area contributed by atoms with E-state index in [2.05, 4.69) is 60.6 Å². The zero-order chi connectivity index (χ0) is 21.2. The lowest BCUT2D eigenvalue weighted by Gasteiger charge is -2.23. The van der Waals surface area contributed by atoms with Gasteiger partial charge in [0.15, 0.2) is 5.65 Å². The predicted molar refractivity (Wildman–Crippen MR) is 125 cm³/mol. The monoisotopic (exact) mass is 434 g/mol. The van der Waals surface area contributed by atoms with Crippen LogP contribution in [0.4, 0.5) is 11.5 Å². The average molecular weight is 435 g/mol. The van der Waals surface area contributed by atoms with Crippen molar-refractivity contribution >= 4 is 29.1 Å². The number of H-pyrrole nitrogens is 1. The van der Waals surface area contributed by atoms with Crippen LogP contribution in [0.25, 0.3) is 16.8 Å². The lowest BCUT2D eigenvalue weighted by atomic mass is 9.96. The molecular formula is C22H26N8S. The van der Waals surface area contributed by atoms with Crippen molar-refractivity contribution in [1.29, 1.82) is 0 Å². The van der Waals surface area contributed by atoms with Crippen molar-refractivity contribution in [2.45, 2.75) is 23.7 Å². The molecule has 0 spiro atoms. The third kappa shape index (κ3) is 4.30. The van der Waals surface area contributed by atoms with E-state index in [0.29, 0.717) is 5.92 Å². The van der Waals surface area contributed by atoms with Crippen molar-refractivity contribution in [3.63, 3.8) is 0 Å². The Hall–Kier alpha value is -2.88. The van der Waals surface area contributed by atoms with E-state index in [1.807, 2.05) is 37.2 Å². The van der Waals surface area contributed by atoms with Crippen molar-refractivity contribution in [3.05, 3.63) is 54.6 Å². The Bertz CT molecular complexity index is 1140. The van der Waals surface area contributed by atoms with Crippen LogP contribution in [-0.4, -0.2) is 56.3 Å². The number of benzene rings is 1. The van der Waals surface area contributed by atoms with Crippen molar-refractivity contribution < 1.29 is 0 Å². The molecule has 3 aromatic heterocycles. The van der Waals surface area contributed by atoms with Gasteiger partial charge in [0.1, 0.15) is 5.82 Å². The summed E-state index contributed by atoms with van der Waals surface area (Å²) in [6.45, 7) is 2.03. The van der Waals surface area contributed by atoms with Gasteiger partial charge < -0.3 is 10.6 Å². The standard InChI is InChI=1S/C22H26N8S/c1-29(2)31-18-7-5-17(6-8-18)27-21-10-20(15-4-3-9-23-11-15)28-22-19(14-26-30(21)22)16-12-24-25-13-16/h5-8,10,12-15,23,27H,3-4,9,11H2,1-2H3,(H,24,25). The second-order valence-corrected chi connectivity index (χ2v) is 9.33. The molecule has 5 rings (SSSR count). The number of piperidine rings is 1. The Kier molecular flexibility index (Phi) is 5.63. The number of hydrogen-bond acceptors (Lipinski definition) is 7. The summed E-state index contributed by atoms with van der Waals surface area (Å²) in [6.07, 6.45) is 7.85. The topological polar surface area (TPSA) is 86.2 Å². The van der Waals surface area contributed by atoms with Crippen LogP contribution in [-0.2, 0) is 0 Å². The van der Waals surface area contributed by atoms with Crippen molar-refractivity contribution in [2.75, 3.05) is 32.5 Å². The first kappa shape index (κ1) is 20.0. The first-order valence-corrected chi connectivity index (χ1v) is 11.3. The van der Waals surface area contributed by atoms with E-state index in [9.17, 15) is 0 Å². The van der Waals surface area contributed by atoms with Crippen LogP contribution in [0.3, 0.4) is 0 Å². The molecule has 9 heteroatoms. The molecule has 8 nitrogen and oxygen atoms in total. The van der Waals surface area contributed by atoms with E-state index in [-0.39, 0.29) is 0 Å². The fourth-order valence-electron chi connectivity index (χ4n) is 3.94. The van der Waals surface area contributed by atoms with Crippen LogP contribution in [0.1, 0.15) is 24.5 Å². The van der Waals surface area contributed by atoms with Crippen LogP contribution in [0.2, 0.25) is 0 Å². The Labute approximate surface area is 185 Å². The maximum absolute atomic E-state index is 5.03.